The van der Waals surface area contributed by atoms with E-state index in [-0.39, 0.29) is 5.91 Å². The van der Waals surface area contributed by atoms with Gasteiger partial charge in [-0.1, -0.05) is 34.6 Å². The quantitative estimate of drug-likeness (QED) is 0.725. The lowest BCUT2D eigenvalue weighted by molar-refractivity contribution is 0.0707. The van der Waals surface area contributed by atoms with Gasteiger partial charge in [-0.2, -0.15) is 0 Å². The molecule has 0 atom stereocenters. The second-order valence-electron chi connectivity index (χ2n) is 7.26. The lowest BCUT2D eigenvalue weighted by Crippen LogP contribution is -2.38. The molecule has 0 N–H and O–H groups in total. The summed E-state index contributed by atoms with van der Waals surface area (Å²) in [6, 6.07) is 3.81. The molecule has 2 rings (SSSR count). The van der Waals surface area contributed by atoms with E-state index in [0.29, 0.717) is 30.6 Å². The number of aromatic nitrogens is 2. The lowest BCUT2D eigenvalue weighted by atomic mass is 10.1. The molecule has 5 heteroatoms. The van der Waals surface area contributed by atoms with Crippen LogP contribution in [0.1, 0.15) is 57.7 Å². The zero-order valence-electron chi connectivity index (χ0n) is 16.4. The average Bonchev–Trinajstić information content (AvgIpc) is 2.92. The van der Waals surface area contributed by atoms with E-state index in [1.807, 2.05) is 41.5 Å². The van der Waals surface area contributed by atoms with Gasteiger partial charge in [-0.15, -0.1) is 0 Å². The number of pyridine rings is 1. The van der Waals surface area contributed by atoms with Crippen LogP contribution >= 0.6 is 0 Å². The van der Waals surface area contributed by atoms with Gasteiger partial charge in [-0.3, -0.25) is 9.20 Å². The highest BCUT2D eigenvalue weighted by Crippen LogP contribution is 2.24. The van der Waals surface area contributed by atoms with E-state index in [1.165, 1.54) is 0 Å². The van der Waals surface area contributed by atoms with E-state index in [4.69, 9.17) is 9.72 Å². The highest BCUT2D eigenvalue weighted by Gasteiger charge is 2.25. The Balaban J connectivity index is 2.53. The molecule has 25 heavy (non-hydrogen) atoms. The van der Waals surface area contributed by atoms with Crippen molar-refractivity contribution in [1.29, 1.82) is 0 Å². The van der Waals surface area contributed by atoms with Crippen LogP contribution in [0, 0.1) is 11.8 Å². The Morgan fingerprint density at radius 2 is 1.84 bits per heavy atom. The SMILES string of the molecule is CCOc1cccn2c(C(=O)N(CC(C)C)CC(C)C)c(CC)nc12. The van der Waals surface area contributed by atoms with Crippen molar-refractivity contribution >= 4 is 11.6 Å². The van der Waals surface area contributed by atoms with E-state index < -0.39 is 0 Å². The van der Waals surface area contributed by atoms with Crippen molar-refractivity contribution in [2.75, 3.05) is 19.7 Å². The van der Waals surface area contributed by atoms with Gasteiger partial charge in [-0.25, -0.2) is 4.98 Å². The van der Waals surface area contributed by atoms with Gasteiger partial charge in [0.05, 0.1) is 12.3 Å². The number of nitrogens with zero attached hydrogens (tertiary/aromatic N) is 3. The topological polar surface area (TPSA) is 46.8 Å². The Kier molecular flexibility index (Phi) is 6.45. The smallest absolute Gasteiger partial charge is 0.272 e. The molecule has 0 bridgehead atoms. The van der Waals surface area contributed by atoms with Crippen LogP contribution in [-0.2, 0) is 6.42 Å². The summed E-state index contributed by atoms with van der Waals surface area (Å²) in [6.45, 7) is 14.6. The fraction of sp³-hybridized carbons (Fsp3) is 0.600. The van der Waals surface area contributed by atoms with Gasteiger partial charge >= 0.3 is 0 Å². The van der Waals surface area contributed by atoms with Gasteiger partial charge in [0, 0.05) is 19.3 Å². The van der Waals surface area contributed by atoms with E-state index in [9.17, 15) is 4.79 Å². The Labute approximate surface area is 151 Å². The Hall–Kier alpha value is -2.04. The first kappa shape index (κ1) is 19.3. The first-order chi connectivity index (χ1) is 11.9. The van der Waals surface area contributed by atoms with Crippen molar-refractivity contribution in [1.82, 2.24) is 14.3 Å². The molecule has 0 saturated carbocycles. The summed E-state index contributed by atoms with van der Waals surface area (Å²) in [5.41, 5.74) is 2.22. The number of ether oxygens (including phenoxy) is 1. The normalized spacial score (nSPS) is 11.5. The molecule has 0 spiro atoms. The molecular weight excluding hydrogens is 314 g/mol. The van der Waals surface area contributed by atoms with Gasteiger partial charge in [0.2, 0.25) is 0 Å². The van der Waals surface area contributed by atoms with Crippen LogP contribution in [0.15, 0.2) is 18.3 Å². The predicted molar refractivity (Wildman–Crippen MR) is 101 cm³/mol. The molecule has 138 valence electrons. The molecule has 0 aromatic carbocycles. The van der Waals surface area contributed by atoms with Crippen LogP contribution in [-0.4, -0.2) is 39.9 Å². The number of imidazole rings is 1. The highest BCUT2D eigenvalue weighted by molar-refractivity contribution is 5.95. The van der Waals surface area contributed by atoms with Crippen molar-refractivity contribution in [3.05, 3.63) is 29.7 Å². The van der Waals surface area contributed by atoms with Crippen LogP contribution in [0.25, 0.3) is 5.65 Å². The maximum Gasteiger partial charge on any atom is 0.272 e. The maximum atomic E-state index is 13.4. The lowest BCUT2D eigenvalue weighted by Gasteiger charge is -2.26. The molecule has 1 amide bonds. The minimum Gasteiger partial charge on any atom is -0.490 e. The number of fused-ring (bicyclic) bond motifs is 1. The summed E-state index contributed by atoms with van der Waals surface area (Å²) < 4.78 is 7.58. The molecule has 0 aliphatic carbocycles. The Bertz CT molecular complexity index is 709. The molecule has 0 saturated heterocycles. The standard InChI is InChI=1S/C20H31N3O2/c1-7-16-18(20(24)22(12-14(3)4)13-15(5)6)23-11-9-10-17(25-8-2)19(23)21-16/h9-11,14-15H,7-8,12-13H2,1-6H3. The third-order valence-electron chi connectivity index (χ3n) is 3.98. The van der Waals surface area contributed by atoms with Gasteiger partial charge < -0.3 is 9.64 Å². The number of hydrogen-bond donors (Lipinski definition) is 0. The fourth-order valence-electron chi connectivity index (χ4n) is 3.10. The third-order valence-corrected chi connectivity index (χ3v) is 3.98. The highest BCUT2D eigenvalue weighted by atomic mass is 16.5. The molecular formula is C20H31N3O2. The number of carbonyl (C=O) groups is 1. The van der Waals surface area contributed by atoms with Crippen LogP contribution in [0.3, 0.4) is 0 Å². The molecule has 0 fully saturated rings. The van der Waals surface area contributed by atoms with Gasteiger partial charge in [-0.05, 0) is 37.3 Å². The third kappa shape index (κ3) is 4.33. The zero-order valence-corrected chi connectivity index (χ0v) is 16.4. The number of rotatable bonds is 8. The Morgan fingerprint density at radius 1 is 1.20 bits per heavy atom. The predicted octanol–water partition coefficient (Wildman–Crippen LogP) is 4.05. The number of aryl methyl sites for hydroxylation is 1. The van der Waals surface area contributed by atoms with Gasteiger partial charge in [0.1, 0.15) is 5.69 Å². The second kappa shape index (κ2) is 8.37. The Morgan fingerprint density at radius 3 is 2.36 bits per heavy atom. The fourth-order valence-corrected chi connectivity index (χ4v) is 3.10. The zero-order chi connectivity index (χ0) is 18.6. The van der Waals surface area contributed by atoms with Crippen molar-refractivity contribution in [2.45, 2.75) is 48.0 Å². The number of hydrogen-bond acceptors (Lipinski definition) is 3. The average molecular weight is 345 g/mol. The van der Waals surface area contributed by atoms with E-state index >= 15 is 0 Å². The summed E-state index contributed by atoms with van der Waals surface area (Å²) in [4.78, 5) is 20.0. The molecule has 5 nitrogen and oxygen atoms in total. The molecule has 2 heterocycles. The van der Waals surface area contributed by atoms with Gasteiger partial charge in [0.25, 0.3) is 5.91 Å². The first-order valence-corrected chi connectivity index (χ1v) is 9.30. The molecule has 2 aromatic heterocycles. The number of amides is 1. The van der Waals surface area contributed by atoms with Crippen LogP contribution in [0.2, 0.25) is 0 Å². The summed E-state index contributed by atoms with van der Waals surface area (Å²) in [5, 5.41) is 0. The summed E-state index contributed by atoms with van der Waals surface area (Å²) in [7, 11) is 0. The van der Waals surface area contributed by atoms with E-state index in [0.717, 1.165) is 30.2 Å². The van der Waals surface area contributed by atoms with Crippen molar-refractivity contribution in [3.8, 4) is 5.75 Å². The van der Waals surface area contributed by atoms with Crippen molar-refractivity contribution in [3.63, 3.8) is 0 Å². The second-order valence-corrected chi connectivity index (χ2v) is 7.26. The van der Waals surface area contributed by atoms with Crippen LogP contribution < -0.4 is 4.74 Å². The molecule has 0 aliphatic heterocycles. The van der Waals surface area contributed by atoms with E-state index in [2.05, 4.69) is 27.7 Å². The van der Waals surface area contributed by atoms with Gasteiger partial charge in [0.15, 0.2) is 11.4 Å². The maximum absolute atomic E-state index is 13.4. The monoisotopic (exact) mass is 345 g/mol. The molecule has 0 radical (unpaired) electrons. The largest absolute Gasteiger partial charge is 0.490 e. The van der Waals surface area contributed by atoms with Crippen molar-refractivity contribution in [2.24, 2.45) is 11.8 Å². The van der Waals surface area contributed by atoms with Crippen LogP contribution in [0.5, 0.6) is 5.75 Å². The van der Waals surface area contributed by atoms with Crippen molar-refractivity contribution < 1.29 is 9.53 Å². The summed E-state index contributed by atoms with van der Waals surface area (Å²) in [6.07, 6.45) is 2.62. The minimum atomic E-state index is 0.0559. The summed E-state index contributed by atoms with van der Waals surface area (Å²) in [5.74, 6) is 1.62. The molecule has 2 aromatic rings. The summed E-state index contributed by atoms with van der Waals surface area (Å²) >= 11 is 0. The molecule has 0 aliphatic rings. The van der Waals surface area contributed by atoms with Crippen LogP contribution in [0.4, 0.5) is 0 Å². The first-order valence-electron chi connectivity index (χ1n) is 9.30. The minimum absolute atomic E-state index is 0.0559. The number of carbonyl (C=O) groups excluding carboxylic acids is 1. The van der Waals surface area contributed by atoms with E-state index in [1.54, 1.807) is 0 Å². The molecule has 0 unspecified atom stereocenters.